The molecule has 0 saturated carbocycles. The van der Waals surface area contributed by atoms with Gasteiger partial charge < -0.3 is 10.2 Å². The molecule has 0 aromatic carbocycles. The third kappa shape index (κ3) is 3.96. The van der Waals surface area contributed by atoms with Crippen molar-refractivity contribution >= 4 is 17.7 Å². The first kappa shape index (κ1) is 17.3. The number of hydrogen-bond acceptors (Lipinski definition) is 6. The molecule has 2 aromatic rings. The van der Waals surface area contributed by atoms with Crippen LogP contribution in [0.2, 0.25) is 0 Å². The molecule has 1 amide bonds. The summed E-state index contributed by atoms with van der Waals surface area (Å²) in [6.07, 6.45) is 4.37. The lowest BCUT2D eigenvalue weighted by Gasteiger charge is -2.34. The van der Waals surface area contributed by atoms with Crippen molar-refractivity contribution in [3.63, 3.8) is 0 Å². The monoisotopic (exact) mass is 343 g/mol. The highest BCUT2D eigenvalue weighted by atomic mass is 16.2. The molecule has 8 nitrogen and oxygen atoms in total. The molecule has 1 fully saturated rings. The van der Waals surface area contributed by atoms with Gasteiger partial charge in [-0.2, -0.15) is 5.10 Å². The van der Waals surface area contributed by atoms with E-state index in [4.69, 9.17) is 0 Å². The van der Waals surface area contributed by atoms with E-state index in [0.717, 1.165) is 55.6 Å². The largest absolute Gasteiger partial charge is 0.338 e. The maximum atomic E-state index is 12.4. The predicted octanol–water partition coefficient (Wildman–Crippen LogP) is 0.842. The zero-order valence-corrected chi connectivity index (χ0v) is 15.1. The van der Waals surface area contributed by atoms with Gasteiger partial charge in [0, 0.05) is 51.2 Å². The number of carbonyl (C=O) groups is 1. The molecule has 3 rings (SSSR count). The minimum absolute atomic E-state index is 0.00170. The molecule has 0 bridgehead atoms. The molecule has 3 heterocycles. The van der Waals surface area contributed by atoms with Crippen LogP contribution in [0.3, 0.4) is 0 Å². The van der Waals surface area contributed by atoms with Crippen LogP contribution in [0.4, 0.5) is 11.8 Å². The highest BCUT2D eigenvalue weighted by Crippen LogP contribution is 2.18. The van der Waals surface area contributed by atoms with E-state index in [-0.39, 0.29) is 5.91 Å². The van der Waals surface area contributed by atoms with E-state index in [1.807, 2.05) is 20.0 Å². The van der Waals surface area contributed by atoms with Gasteiger partial charge in [-0.25, -0.2) is 9.97 Å². The summed E-state index contributed by atoms with van der Waals surface area (Å²) in [5.74, 6) is 1.54. The fourth-order valence-corrected chi connectivity index (χ4v) is 3.13. The zero-order valence-electron chi connectivity index (χ0n) is 15.1. The smallest absolute Gasteiger partial charge is 0.239 e. The van der Waals surface area contributed by atoms with Crippen molar-refractivity contribution in [1.29, 1.82) is 0 Å². The maximum Gasteiger partial charge on any atom is 0.239 e. The van der Waals surface area contributed by atoms with E-state index in [1.165, 1.54) is 0 Å². The number of aromatic nitrogens is 4. The summed E-state index contributed by atoms with van der Waals surface area (Å²) in [7, 11) is 1.86. The number of nitrogens with one attached hydrogen (secondary N) is 1. The van der Waals surface area contributed by atoms with Gasteiger partial charge in [0.15, 0.2) is 0 Å². The summed E-state index contributed by atoms with van der Waals surface area (Å²) < 4.78 is 1.75. The number of nitrogens with zero attached hydrogens (tertiary/aromatic N) is 6. The van der Waals surface area contributed by atoms with Crippen LogP contribution in [0.5, 0.6) is 0 Å². The number of aryl methyl sites for hydroxylation is 2. The van der Waals surface area contributed by atoms with Gasteiger partial charge in [-0.3, -0.25) is 14.4 Å². The van der Waals surface area contributed by atoms with E-state index in [1.54, 1.807) is 17.1 Å². The van der Waals surface area contributed by atoms with Gasteiger partial charge >= 0.3 is 0 Å². The van der Waals surface area contributed by atoms with Crippen molar-refractivity contribution < 1.29 is 4.79 Å². The minimum atomic E-state index is -0.00170. The standard InChI is InChI=1S/C17H25N7O/c1-4-14-13(2)16(22(3)21-14)20-15(25)12-23-8-10-24(11-9-23)17-18-6-5-7-19-17/h5-7H,4,8-12H2,1-3H3,(H,20,25). The minimum Gasteiger partial charge on any atom is -0.338 e. The lowest BCUT2D eigenvalue weighted by molar-refractivity contribution is -0.117. The Morgan fingerprint density at radius 2 is 1.88 bits per heavy atom. The second-order valence-corrected chi connectivity index (χ2v) is 6.26. The Hall–Kier alpha value is -2.48. The predicted molar refractivity (Wildman–Crippen MR) is 96.6 cm³/mol. The molecule has 0 atom stereocenters. The van der Waals surface area contributed by atoms with Crippen molar-refractivity contribution in [3.05, 3.63) is 29.7 Å². The first-order valence-corrected chi connectivity index (χ1v) is 8.65. The van der Waals surface area contributed by atoms with Crippen LogP contribution < -0.4 is 10.2 Å². The highest BCUT2D eigenvalue weighted by Gasteiger charge is 2.21. The molecule has 134 valence electrons. The summed E-state index contributed by atoms with van der Waals surface area (Å²) in [6.45, 7) is 7.73. The Labute approximate surface area is 147 Å². The number of hydrogen-bond donors (Lipinski definition) is 1. The van der Waals surface area contributed by atoms with Gasteiger partial charge in [-0.1, -0.05) is 6.92 Å². The lowest BCUT2D eigenvalue weighted by atomic mass is 10.2. The summed E-state index contributed by atoms with van der Waals surface area (Å²) >= 11 is 0. The van der Waals surface area contributed by atoms with Gasteiger partial charge in [0.1, 0.15) is 5.82 Å². The van der Waals surface area contributed by atoms with Crippen molar-refractivity contribution in [3.8, 4) is 0 Å². The van der Waals surface area contributed by atoms with Crippen molar-refractivity contribution in [2.75, 3.05) is 42.9 Å². The fourth-order valence-electron chi connectivity index (χ4n) is 3.13. The van der Waals surface area contributed by atoms with Gasteiger partial charge in [0.25, 0.3) is 0 Å². The Morgan fingerprint density at radius 1 is 1.20 bits per heavy atom. The topological polar surface area (TPSA) is 79.2 Å². The molecule has 25 heavy (non-hydrogen) atoms. The third-order valence-corrected chi connectivity index (χ3v) is 4.55. The summed E-state index contributed by atoms with van der Waals surface area (Å²) in [5.41, 5.74) is 2.07. The SMILES string of the molecule is CCc1nn(C)c(NC(=O)CN2CCN(c3ncccn3)CC2)c1C. The van der Waals surface area contributed by atoms with E-state index >= 15 is 0 Å². The second kappa shape index (κ2) is 7.60. The Bertz CT molecular complexity index is 720. The van der Waals surface area contributed by atoms with Gasteiger partial charge in [0.2, 0.25) is 11.9 Å². The lowest BCUT2D eigenvalue weighted by Crippen LogP contribution is -2.49. The first-order valence-electron chi connectivity index (χ1n) is 8.65. The van der Waals surface area contributed by atoms with Crippen molar-refractivity contribution in [2.45, 2.75) is 20.3 Å². The number of anilines is 2. The van der Waals surface area contributed by atoms with Gasteiger partial charge in [0.05, 0.1) is 12.2 Å². The molecule has 1 aliphatic heterocycles. The molecule has 0 unspecified atom stereocenters. The number of carbonyl (C=O) groups excluding carboxylic acids is 1. The van der Waals surface area contributed by atoms with E-state index < -0.39 is 0 Å². The van der Waals surface area contributed by atoms with E-state index in [2.05, 4.69) is 37.1 Å². The average Bonchev–Trinajstić information content (AvgIpc) is 2.90. The molecule has 1 aliphatic rings. The Kier molecular flexibility index (Phi) is 5.28. The third-order valence-electron chi connectivity index (χ3n) is 4.55. The molecule has 0 radical (unpaired) electrons. The molecule has 1 N–H and O–H groups in total. The summed E-state index contributed by atoms with van der Waals surface area (Å²) in [6, 6.07) is 1.81. The molecule has 1 saturated heterocycles. The van der Waals surface area contributed by atoms with Crippen LogP contribution in [0.1, 0.15) is 18.2 Å². The average molecular weight is 343 g/mol. The number of piperazine rings is 1. The van der Waals surface area contributed by atoms with Crippen molar-refractivity contribution in [2.24, 2.45) is 7.05 Å². The van der Waals surface area contributed by atoms with Crippen LogP contribution in [0.25, 0.3) is 0 Å². The van der Waals surface area contributed by atoms with Crippen LogP contribution in [0.15, 0.2) is 18.5 Å². The van der Waals surface area contributed by atoms with Crippen molar-refractivity contribution in [1.82, 2.24) is 24.6 Å². The van der Waals surface area contributed by atoms with Gasteiger partial charge in [-0.05, 0) is 19.4 Å². The first-order chi connectivity index (χ1) is 12.1. The second-order valence-electron chi connectivity index (χ2n) is 6.26. The summed E-state index contributed by atoms with van der Waals surface area (Å²) in [4.78, 5) is 25.3. The zero-order chi connectivity index (χ0) is 17.8. The molecule has 8 heteroatoms. The van der Waals surface area contributed by atoms with Crippen LogP contribution in [-0.4, -0.2) is 63.3 Å². The van der Waals surface area contributed by atoms with Gasteiger partial charge in [-0.15, -0.1) is 0 Å². The quantitative estimate of drug-likeness (QED) is 0.867. The van der Waals surface area contributed by atoms with E-state index in [9.17, 15) is 4.79 Å². The fraction of sp³-hybridized carbons (Fsp3) is 0.529. The Morgan fingerprint density at radius 3 is 2.48 bits per heavy atom. The molecular weight excluding hydrogens is 318 g/mol. The maximum absolute atomic E-state index is 12.4. The number of amides is 1. The van der Waals surface area contributed by atoms with Crippen LogP contribution in [-0.2, 0) is 18.3 Å². The Balaban J connectivity index is 1.52. The molecule has 0 spiro atoms. The van der Waals surface area contributed by atoms with Crippen LogP contribution in [0, 0.1) is 6.92 Å². The van der Waals surface area contributed by atoms with Crippen LogP contribution >= 0.6 is 0 Å². The normalized spacial score (nSPS) is 15.4. The van der Waals surface area contributed by atoms with E-state index in [0.29, 0.717) is 6.54 Å². The number of rotatable bonds is 5. The summed E-state index contributed by atoms with van der Waals surface area (Å²) in [5, 5.41) is 7.44. The molecule has 0 aliphatic carbocycles. The highest BCUT2D eigenvalue weighted by molar-refractivity contribution is 5.92. The molecule has 2 aromatic heterocycles. The molecular formula is C17H25N7O.